The Morgan fingerprint density at radius 2 is 2.00 bits per heavy atom. The molecule has 0 aliphatic carbocycles. The maximum Gasteiger partial charge on any atom is 0.194 e. The molecule has 2 aromatic heterocycles. The first-order chi connectivity index (χ1) is 13.3. The van der Waals surface area contributed by atoms with Crippen LogP contribution in [0.3, 0.4) is 0 Å². The summed E-state index contributed by atoms with van der Waals surface area (Å²) >= 11 is 0. The van der Waals surface area contributed by atoms with E-state index in [1.165, 1.54) is 0 Å². The van der Waals surface area contributed by atoms with E-state index < -0.39 is 0 Å². The van der Waals surface area contributed by atoms with Crippen LogP contribution in [0.2, 0.25) is 0 Å². The summed E-state index contributed by atoms with van der Waals surface area (Å²) in [6.45, 7) is 1.81. The Balaban J connectivity index is 1.63. The minimum Gasteiger partial charge on any atom is -0.497 e. The maximum absolute atomic E-state index is 5.90. The van der Waals surface area contributed by atoms with Crippen molar-refractivity contribution in [1.82, 2.24) is 14.8 Å². The smallest absolute Gasteiger partial charge is 0.194 e. The molecule has 0 amide bonds. The summed E-state index contributed by atoms with van der Waals surface area (Å²) in [6.07, 6.45) is 1.56. The highest BCUT2D eigenvalue weighted by Crippen LogP contribution is 2.28. The van der Waals surface area contributed by atoms with Crippen LogP contribution in [0.25, 0.3) is 11.6 Å². The molecule has 0 radical (unpaired) electrons. The largest absolute Gasteiger partial charge is 0.497 e. The van der Waals surface area contributed by atoms with E-state index in [1.807, 2.05) is 41.1 Å². The highest BCUT2D eigenvalue weighted by molar-refractivity contribution is 5.48. The second-order valence-electron chi connectivity index (χ2n) is 6.54. The van der Waals surface area contributed by atoms with Crippen LogP contribution in [0.15, 0.2) is 40.8 Å². The minimum atomic E-state index is 0.174. The average molecular weight is 369 g/mol. The van der Waals surface area contributed by atoms with Crippen LogP contribution >= 0.6 is 0 Å². The Morgan fingerprint density at radius 3 is 2.70 bits per heavy atom. The van der Waals surface area contributed by atoms with E-state index in [2.05, 4.69) is 0 Å². The van der Waals surface area contributed by atoms with Crippen molar-refractivity contribution in [3.8, 4) is 17.3 Å². The fourth-order valence-electron chi connectivity index (χ4n) is 3.22. The molecule has 0 N–H and O–H groups in total. The lowest BCUT2D eigenvalue weighted by Gasteiger charge is -2.09. The quantitative estimate of drug-likeness (QED) is 0.637. The number of ether oxygens (including phenoxy) is 3. The Hall–Kier alpha value is -2.64. The van der Waals surface area contributed by atoms with Gasteiger partial charge in [-0.05, 0) is 36.2 Å². The number of furan rings is 1. The second kappa shape index (κ2) is 7.94. The number of nitrogens with zero attached hydrogens (tertiary/aromatic N) is 3. The van der Waals surface area contributed by atoms with Crippen LogP contribution in [0.1, 0.15) is 29.6 Å². The number of methoxy groups -OCH3 is 2. The lowest BCUT2D eigenvalue weighted by atomic mass is 10.1. The van der Waals surface area contributed by atoms with Crippen molar-refractivity contribution in [1.29, 1.82) is 0 Å². The first kappa shape index (κ1) is 17.8. The molecule has 1 fully saturated rings. The second-order valence-corrected chi connectivity index (χ2v) is 6.54. The number of hydrogen-bond donors (Lipinski definition) is 0. The van der Waals surface area contributed by atoms with Gasteiger partial charge in [-0.25, -0.2) is 9.67 Å². The zero-order chi connectivity index (χ0) is 18.6. The minimum absolute atomic E-state index is 0.174. The highest BCUT2D eigenvalue weighted by atomic mass is 16.5. The van der Waals surface area contributed by atoms with Crippen LogP contribution in [0.4, 0.5) is 0 Å². The van der Waals surface area contributed by atoms with Gasteiger partial charge in [0.25, 0.3) is 0 Å². The molecule has 0 spiro atoms. The monoisotopic (exact) mass is 369 g/mol. The third kappa shape index (κ3) is 3.89. The molecule has 1 aromatic carbocycles. The Labute approximate surface area is 157 Å². The molecular weight excluding hydrogens is 346 g/mol. The van der Waals surface area contributed by atoms with E-state index in [0.29, 0.717) is 25.4 Å². The van der Waals surface area contributed by atoms with Gasteiger partial charge in [-0.1, -0.05) is 12.1 Å². The Morgan fingerprint density at radius 1 is 1.15 bits per heavy atom. The van der Waals surface area contributed by atoms with Crippen molar-refractivity contribution in [2.75, 3.05) is 27.4 Å². The Kier molecular flexibility index (Phi) is 5.22. The summed E-state index contributed by atoms with van der Waals surface area (Å²) in [4.78, 5) is 4.77. The predicted molar refractivity (Wildman–Crippen MR) is 98.7 cm³/mol. The van der Waals surface area contributed by atoms with E-state index >= 15 is 0 Å². The van der Waals surface area contributed by atoms with Gasteiger partial charge in [0, 0.05) is 20.1 Å². The van der Waals surface area contributed by atoms with Gasteiger partial charge >= 0.3 is 0 Å². The lowest BCUT2D eigenvalue weighted by molar-refractivity contribution is 0.165. The van der Waals surface area contributed by atoms with Gasteiger partial charge in [-0.15, -0.1) is 0 Å². The molecule has 3 aromatic rings. The summed E-state index contributed by atoms with van der Waals surface area (Å²) in [6, 6.07) is 12.0. The SMILES string of the molecule is COCc1ccc(-c2nc(Cc3ccc(OC)cc3)nn2C2CCOC2)o1. The number of hydrogen-bond acceptors (Lipinski definition) is 6. The summed E-state index contributed by atoms with van der Waals surface area (Å²) in [7, 11) is 3.31. The van der Waals surface area contributed by atoms with Gasteiger partial charge in [0.05, 0.1) is 19.8 Å². The van der Waals surface area contributed by atoms with E-state index in [4.69, 9.17) is 28.7 Å². The molecule has 7 heteroatoms. The molecule has 142 valence electrons. The topological polar surface area (TPSA) is 71.5 Å². The van der Waals surface area contributed by atoms with Gasteiger partial charge in [0.15, 0.2) is 17.4 Å². The fraction of sp³-hybridized carbons (Fsp3) is 0.400. The Bertz CT molecular complexity index is 879. The van der Waals surface area contributed by atoms with Gasteiger partial charge in [0.1, 0.15) is 18.1 Å². The molecule has 1 atom stereocenters. The summed E-state index contributed by atoms with van der Waals surface area (Å²) in [5.74, 6) is 3.79. The summed E-state index contributed by atoms with van der Waals surface area (Å²) in [5.41, 5.74) is 1.13. The van der Waals surface area contributed by atoms with E-state index in [0.717, 1.165) is 41.7 Å². The molecule has 1 saturated heterocycles. The summed E-state index contributed by atoms with van der Waals surface area (Å²) in [5, 5.41) is 4.76. The molecule has 1 unspecified atom stereocenters. The molecule has 0 bridgehead atoms. The van der Waals surface area contributed by atoms with Crippen molar-refractivity contribution in [2.24, 2.45) is 0 Å². The maximum atomic E-state index is 5.90. The lowest BCUT2D eigenvalue weighted by Crippen LogP contribution is -2.12. The molecule has 4 rings (SSSR count). The molecular formula is C20H23N3O4. The normalized spacial score (nSPS) is 16.7. The molecule has 0 saturated carbocycles. The zero-order valence-corrected chi connectivity index (χ0v) is 15.6. The van der Waals surface area contributed by atoms with Gasteiger partial charge in [-0.2, -0.15) is 5.10 Å². The van der Waals surface area contributed by atoms with E-state index in [-0.39, 0.29) is 6.04 Å². The van der Waals surface area contributed by atoms with Crippen LogP contribution in [0.5, 0.6) is 5.75 Å². The molecule has 3 heterocycles. The van der Waals surface area contributed by atoms with Crippen molar-refractivity contribution < 1.29 is 18.6 Å². The zero-order valence-electron chi connectivity index (χ0n) is 15.6. The number of aromatic nitrogens is 3. The third-order valence-electron chi connectivity index (χ3n) is 4.62. The predicted octanol–water partition coefficient (Wildman–Crippen LogP) is 3.25. The summed E-state index contributed by atoms with van der Waals surface area (Å²) < 4.78 is 23.8. The van der Waals surface area contributed by atoms with Crippen molar-refractivity contribution in [3.63, 3.8) is 0 Å². The molecule has 27 heavy (non-hydrogen) atoms. The fourth-order valence-corrected chi connectivity index (χ4v) is 3.22. The highest BCUT2D eigenvalue weighted by Gasteiger charge is 2.25. The van der Waals surface area contributed by atoms with Crippen LogP contribution < -0.4 is 4.74 Å². The van der Waals surface area contributed by atoms with Crippen molar-refractivity contribution >= 4 is 0 Å². The molecule has 7 nitrogen and oxygen atoms in total. The molecule has 1 aliphatic rings. The van der Waals surface area contributed by atoms with Crippen LogP contribution in [0, 0.1) is 0 Å². The van der Waals surface area contributed by atoms with Crippen molar-refractivity contribution in [2.45, 2.75) is 25.5 Å². The van der Waals surface area contributed by atoms with Crippen molar-refractivity contribution in [3.05, 3.63) is 53.5 Å². The molecule has 1 aliphatic heterocycles. The van der Waals surface area contributed by atoms with Gasteiger partial charge < -0.3 is 18.6 Å². The van der Waals surface area contributed by atoms with E-state index in [9.17, 15) is 0 Å². The first-order valence-corrected chi connectivity index (χ1v) is 9.01. The standard InChI is InChI=1S/C20H23N3O4/c1-24-13-17-7-8-18(27-17)20-21-19(22-23(20)15-9-10-26-12-15)11-14-3-5-16(25-2)6-4-14/h3-8,15H,9-13H2,1-2H3. The van der Waals surface area contributed by atoms with Gasteiger partial charge in [-0.3, -0.25) is 0 Å². The van der Waals surface area contributed by atoms with Crippen LogP contribution in [-0.2, 0) is 22.5 Å². The first-order valence-electron chi connectivity index (χ1n) is 9.01. The van der Waals surface area contributed by atoms with Gasteiger partial charge in [0.2, 0.25) is 0 Å². The average Bonchev–Trinajstić information content (AvgIpc) is 3.43. The van der Waals surface area contributed by atoms with E-state index in [1.54, 1.807) is 14.2 Å². The van der Waals surface area contributed by atoms with Crippen LogP contribution in [-0.4, -0.2) is 42.2 Å². The third-order valence-corrected chi connectivity index (χ3v) is 4.62. The number of rotatable bonds is 7. The number of benzene rings is 1.